The molecule has 1 N–H and O–H groups in total. The molecule has 4 heteroatoms. The molecule has 0 fully saturated rings. The Morgan fingerprint density at radius 1 is 1.64 bits per heavy atom. The normalized spacial score (nSPS) is 9.64. The van der Waals surface area contributed by atoms with Crippen molar-refractivity contribution in [2.24, 2.45) is 0 Å². The van der Waals surface area contributed by atoms with Crippen LogP contribution in [0.4, 0.5) is 5.82 Å². The number of nitrogens with zero attached hydrogens (tertiary/aromatic N) is 2. The van der Waals surface area contributed by atoms with Crippen molar-refractivity contribution in [1.29, 1.82) is 0 Å². The first kappa shape index (κ1) is 10.5. The Morgan fingerprint density at radius 2 is 2.36 bits per heavy atom. The minimum atomic E-state index is 0.0198. The third-order valence-electron chi connectivity index (χ3n) is 2.08. The molecule has 1 aromatic rings. The van der Waals surface area contributed by atoms with E-state index in [-0.39, 0.29) is 5.91 Å². The molecule has 0 bridgehead atoms. The lowest BCUT2D eigenvalue weighted by Crippen LogP contribution is -2.26. The largest absolute Gasteiger partial charge is 0.373 e. The number of nitrogens with one attached hydrogen (secondary N) is 1. The number of amides is 1. The van der Waals surface area contributed by atoms with E-state index in [0.717, 1.165) is 0 Å². The highest BCUT2D eigenvalue weighted by Crippen LogP contribution is 2.07. The molecule has 76 valence electrons. The molecule has 1 amide bonds. The maximum atomic E-state index is 11.7. The average molecular weight is 193 g/mol. The minimum absolute atomic E-state index is 0.0198. The molecule has 0 aromatic carbocycles. The van der Waals surface area contributed by atoms with Crippen molar-refractivity contribution in [2.75, 3.05) is 26.0 Å². The van der Waals surface area contributed by atoms with Gasteiger partial charge in [-0.05, 0) is 19.1 Å². The molecule has 0 radical (unpaired) electrons. The zero-order valence-corrected chi connectivity index (χ0v) is 8.74. The van der Waals surface area contributed by atoms with Crippen LogP contribution in [0.3, 0.4) is 0 Å². The second-order valence-electron chi connectivity index (χ2n) is 3.00. The van der Waals surface area contributed by atoms with E-state index in [0.29, 0.717) is 17.9 Å². The molecule has 0 aliphatic heterocycles. The Bertz CT molecular complexity index is 325. The van der Waals surface area contributed by atoms with E-state index in [1.54, 1.807) is 37.3 Å². The predicted octanol–water partition coefficient (Wildman–Crippen LogP) is 1.22. The van der Waals surface area contributed by atoms with Gasteiger partial charge >= 0.3 is 0 Å². The highest BCUT2D eigenvalue weighted by molar-refractivity contribution is 5.94. The Balaban J connectivity index is 2.90. The SMILES string of the molecule is CCN(C)C(=O)c1ccnc(NC)c1. The van der Waals surface area contributed by atoms with Crippen LogP contribution in [0, 0.1) is 0 Å². The van der Waals surface area contributed by atoms with Crippen molar-refractivity contribution in [1.82, 2.24) is 9.88 Å². The molecule has 0 aliphatic rings. The fourth-order valence-electron chi connectivity index (χ4n) is 1.06. The van der Waals surface area contributed by atoms with Crippen molar-refractivity contribution in [3.8, 4) is 0 Å². The van der Waals surface area contributed by atoms with E-state index in [1.807, 2.05) is 6.92 Å². The van der Waals surface area contributed by atoms with E-state index in [4.69, 9.17) is 0 Å². The van der Waals surface area contributed by atoms with Gasteiger partial charge in [-0.25, -0.2) is 4.98 Å². The Hall–Kier alpha value is -1.58. The minimum Gasteiger partial charge on any atom is -0.373 e. The summed E-state index contributed by atoms with van der Waals surface area (Å²) in [6, 6.07) is 3.46. The van der Waals surface area contributed by atoms with Crippen molar-refractivity contribution in [2.45, 2.75) is 6.92 Å². The van der Waals surface area contributed by atoms with Crippen LogP contribution in [-0.2, 0) is 0 Å². The molecular weight excluding hydrogens is 178 g/mol. The summed E-state index contributed by atoms with van der Waals surface area (Å²) in [5.41, 5.74) is 0.661. The lowest BCUT2D eigenvalue weighted by Gasteiger charge is -2.14. The molecule has 0 saturated carbocycles. The van der Waals surface area contributed by atoms with E-state index in [9.17, 15) is 4.79 Å². The number of rotatable bonds is 3. The van der Waals surface area contributed by atoms with Gasteiger partial charge in [0.1, 0.15) is 5.82 Å². The maximum absolute atomic E-state index is 11.7. The molecule has 0 aliphatic carbocycles. The molecule has 1 aromatic heterocycles. The molecule has 0 atom stereocenters. The van der Waals surface area contributed by atoms with Crippen LogP contribution in [0.5, 0.6) is 0 Å². The quantitative estimate of drug-likeness (QED) is 0.785. The van der Waals surface area contributed by atoms with Crippen LogP contribution in [0.2, 0.25) is 0 Å². The Labute approximate surface area is 83.9 Å². The molecule has 1 heterocycles. The first-order chi connectivity index (χ1) is 6.69. The number of hydrogen-bond acceptors (Lipinski definition) is 3. The van der Waals surface area contributed by atoms with Gasteiger partial charge in [-0.2, -0.15) is 0 Å². The second-order valence-corrected chi connectivity index (χ2v) is 3.00. The lowest BCUT2D eigenvalue weighted by molar-refractivity contribution is 0.0802. The summed E-state index contributed by atoms with van der Waals surface area (Å²) in [4.78, 5) is 17.4. The summed E-state index contributed by atoms with van der Waals surface area (Å²) in [6.45, 7) is 2.65. The van der Waals surface area contributed by atoms with Gasteiger partial charge in [-0.1, -0.05) is 0 Å². The number of pyridine rings is 1. The fraction of sp³-hybridized carbons (Fsp3) is 0.400. The molecular formula is C10H15N3O. The third kappa shape index (κ3) is 2.22. The molecule has 4 nitrogen and oxygen atoms in total. The number of carbonyl (C=O) groups excluding carboxylic acids is 1. The van der Waals surface area contributed by atoms with Gasteiger partial charge in [0, 0.05) is 32.4 Å². The zero-order chi connectivity index (χ0) is 10.6. The van der Waals surface area contributed by atoms with Crippen molar-refractivity contribution in [3.63, 3.8) is 0 Å². The second kappa shape index (κ2) is 4.60. The highest BCUT2D eigenvalue weighted by Gasteiger charge is 2.09. The highest BCUT2D eigenvalue weighted by atomic mass is 16.2. The topological polar surface area (TPSA) is 45.2 Å². The third-order valence-corrected chi connectivity index (χ3v) is 2.08. The van der Waals surface area contributed by atoms with Gasteiger partial charge in [-0.3, -0.25) is 4.79 Å². The number of hydrogen-bond donors (Lipinski definition) is 1. The van der Waals surface area contributed by atoms with E-state index >= 15 is 0 Å². The number of anilines is 1. The van der Waals surface area contributed by atoms with Crippen LogP contribution >= 0.6 is 0 Å². The van der Waals surface area contributed by atoms with E-state index in [2.05, 4.69) is 10.3 Å². The summed E-state index contributed by atoms with van der Waals surface area (Å²) in [6.07, 6.45) is 1.63. The standard InChI is InChI=1S/C10H15N3O/c1-4-13(3)10(14)8-5-6-12-9(7-8)11-2/h5-7H,4H2,1-3H3,(H,11,12). The Morgan fingerprint density at radius 3 is 2.93 bits per heavy atom. The van der Waals surface area contributed by atoms with Gasteiger partial charge in [0.05, 0.1) is 0 Å². The molecule has 14 heavy (non-hydrogen) atoms. The van der Waals surface area contributed by atoms with E-state index in [1.165, 1.54) is 0 Å². The van der Waals surface area contributed by atoms with Crippen molar-refractivity contribution < 1.29 is 4.79 Å². The summed E-state index contributed by atoms with van der Waals surface area (Å²) >= 11 is 0. The van der Waals surface area contributed by atoms with Crippen LogP contribution in [0.1, 0.15) is 17.3 Å². The van der Waals surface area contributed by atoms with Crippen molar-refractivity contribution in [3.05, 3.63) is 23.9 Å². The van der Waals surface area contributed by atoms with Gasteiger partial charge in [0.25, 0.3) is 5.91 Å². The van der Waals surface area contributed by atoms with Crippen LogP contribution in [0.15, 0.2) is 18.3 Å². The summed E-state index contributed by atoms with van der Waals surface area (Å²) in [7, 11) is 3.56. The van der Waals surface area contributed by atoms with Gasteiger partial charge in [0.2, 0.25) is 0 Å². The molecule has 0 spiro atoms. The summed E-state index contributed by atoms with van der Waals surface area (Å²) in [5.74, 6) is 0.728. The number of carbonyl (C=O) groups is 1. The lowest BCUT2D eigenvalue weighted by atomic mass is 10.2. The van der Waals surface area contributed by atoms with Crippen LogP contribution in [-0.4, -0.2) is 36.4 Å². The number of aromatic nitrogens is 1. The smallest absolute Gasteiger partial charge is 0.253 e. The van der Waals surface area contributed by atoms with Crippen LogP contribution in [0.25, 0.3) is 0 Å². The predicted molar refractivity (Wildman–Crippen MR) is 56.4 cm³/mol. The monoisotopic (exact) mass is 193 g/mol. The maximum Gasteiger partial charge on any atom is 0.253 e. The van der Waals surface area contributed by atoms with Gasteiger partial charge < -0.3 is 10.2 Å². The van der Waals surface area contributed by atoms with Crippen molar-refractivity contribution >= 4 is 11.7 Å². The van der Waals surface area contributed by atoms with E-state index < -0.39 is 0 Å². The van der Waals surface area contributed by atoms with Gasteiger partial charge in [-0.15, -0.1) is 0 Å². The first-order valence-corrected chi connectivity index (χ1v) is 4.58. The van der Waals surface area contributed by atoms with Gasteiger partial charge in [0.15, 0.2) is 0 Å². The zero-order valence-electron chi connectivity index (χ0n) is 8.74. The average Bonchev–Trinajstić information content (AvgIpc) is 2.27. The molecule has 0 saturated heterocycles. The summed E-state index contributed by atoms with van der Waals surface area (Å²) < 4.78 is 0. The first-order valence-electron chi connectivity index (χ1n) is 4.58. The molecule has 1 rings (SSSR count). The molecule has 0 unspecified atom stereocenters. The Kier molecular flexibility index (Phi) is 3.45. The summed E-state index contributed by atoms with van der Waals surface area (Å²) in [5, 5.41) is 2.90. The fourth-order valence-corrected chi connectivity index (χ4v) is 1.06. The van der Waals surface area contributed by atoms with Crippen LogP contribution < -0.4 is 5.32 Å².